The fourth-order valence-electron chi connectivity index (χ4n) is 2.28. The molecule has 24 heavy (non-hydrogen) atoms. The minimum Gasteiger partial charge on any atom is -0.494 e. The van der Waals surface area contributed by atoms with E-state index >= 15 is 0 Å². The van der Waals surface area contributed by atoms with Crippen molar-refractivity contribution in [1.82, 2.24) is 10.5 Å². The molecule has 0 aliphatic carbocycles. The van der Waals surface area contributed by atoms with Crippen LogP contribution < -0.4 is 10.1 Å². The van der Waals surface area contributed by atoms with Gasteiger partial charge in [-0.05, 0) is 31.5 Å². The maximum atomic E-state index is 13.8. The van der Waals surface area contributed by atoms with E-state index in [1.54, 1.807) is 13.8 Å². The fourth-order valence-corrected chi connectivity index (χ4v) is 2.28. The first-order valence-corrected chi connectivity index (χ1v) is 7.10. The molecule has 0 aliphatic rings. The quantitative estimate of drug-likeness (QED) is 0.836. The van der Waals surface area contributed by atoms with E-state index in [1.807, 2.05) is 0 Å². The van der Waals surface area contributed by atoms with Crippen molar-refractivity contribution >= 4 is 11.9 Å². The summed E-state index contributed by atoms with van der Waals surface area (Å²) >= 11 is 0. The molecule has 0 radical (unpaired) electrons. The Bertz CT molecular complexity index is 752. The molecule has 2 N–H and O–H groups in total. The maximum Gasteiger partial charge on any atom is 0.330 e. The number of methoxy groups -OCH3 is 1. The molecule has 1 aromatic carbocycles. The molecule has 1 aromatic heterocycles. The molecule has 0 bridgehead atoms. The van der Waals surface area contributed by atoms with E-state index in [-0.39, 0.29) is 17.7 Å². The molecule has 0 saturated carbocycles. The zero-order chi connectivity index (χ0) is 17.9. The average molecular weight is 336 g/mol. The lowest BCUT2D eigenvalue weighted by Crippen LogP contribution is -2.35. The molecule has 128 valence electrons. The molecule has 8 heteroatoms. The van der Waals surface area contributed by atoms with Crippen molar-refractivity contribution in [2.45, 2.75) is 26.3 Å². The van der Waals surface area contributed by atoms with Crippen LogP contribution in [0.15, 0.2) is 22.7 Å². The van der Waals surface area contributed by atoms with E-state index in [4.69, 9.17) is 9.26 Å². The molecule has 1 amide bonds. The average Bonchev–Trinajstić information content (AvgIpc) is 2.84. The number of carbonyl (C=O) groups is 2. The van der Waals surface area contributed by atoms with Gasteiger partial charge in [0, 0.05) is 5.56 Å². The molecule has 0 spiro atoms. The van der Waals surface area contributed by atoms with Crippen LogP contribution in [0.5, 0.6) is 5.75 Å². The van der Waals surface area contributed by atoms with Crippen molar-refractivity contribution in [3.8, 4) is 5.75 Å². The summed E-state index contributed by atoms with van der Waals surface area (Å²) in [5, 5.41) is 15.4. The van der Waals surface area contributed by atoms with Gasteiger partial charge < -0.3 is 19.7 Å². The highest BCUT2D eigenvalue weighted by Gasteiger charge is 2.24. The SMILES string of the molecule is COc1ccc(C(NC(=O)Cc2c(C)noc2C)C(=O)O)cc1F. The first kappa shape index (κ1) is 17.5. The predicted octanol–water partition coefficient (Wildman–Crippen LogP) is 1.92. The van der Waals surface area contributed by atoms with Crippen molar-refractivity contribution in [3.05, 3.63) is 46.6 Å². The number of amides is 1. The summed E-state index contributed by atoms with van der Waals surface area (Å²) in [7, 11) is 1.30. The number of carbonyl (C=O) groups excluding carboxylic acids is 1. The second kappa shape index (κ2) is 7.12. The Morgan fingerprint density at radius 1 is 1.42 bits per heavy atom. The molecule has 2 aromatic rings. The number of carboxylic acid groups (broad SMARTS) is 1. The smallest absolute Gasteiger partial charge is 0.330 e. The van der Waals surface area contributed by atoms with E-state index in [0.29, 0.717) is 17.0 Å². The number of aliphatic carboxylic acids is 1. The van der Waals surface area contributed by atoms with Crippen LogP contribution in [-0.4, -0.2) is 29.2 Å². The molecule has 0 aliphatic heterocycles. The molecule has 1 unspecified atom stereocenters. The van der Waals surface area contributed by atoms with E-state index in [1.165, 1.54) is 19.2 Å². The van der Waals surface area contributed by atoms with Crippen LogP contribution in [0.4, 0.5) is 4.39 Å². The number of hydrogen-bond donors (Lipinski definition) is 2. The lowest BCUT2D eigenvalue weighted by atomic mass is 10.1. The number of ether oxygens (including phenoxy) is 1. The highest BCUT2D eigenvalue weighted by molar-refractivity contribution is 5.86. The molecule has 2 rings (SSSR count). The Balaban J connectivity index is 2.18. The van der Waals surface area contributed by atoms with E-state index in [9.17, 15) is 19.1 Å². The number of hydrogen-bond acceptors (Lipinski definition) is 5. The van der Waals surface area contributed by atoms with Crippen LogP contribution >= 0.6 is 0 Å². The fraction of sp³-hybridized carbons (Fsp3) is 0.312. The van der Waals surface area contributed by atoms with Gasteiger partial charge in [0.05, 0.1) is 19.2 Å². The Hall–Kier alpha value is -2.90. The Morgan fingerprint density at radius 3 is 2.62 bits per heavy atom. The number of aryl methyl sites for hydroxylation is 2. The lowest BCUT2D eigenvalue weighted by Gasteiger charge is -2.15. The van der Waals surface area contributed by atoms with Gasteiger partial charge in [-0.15, -0.1) is 0 Å². The zero-order valence-corrected chi connectivity index (χ0v) is 13.4. The highest BCUT2D eigenvalue weighted by atomic mass is 19.1. The van der Waals surface area contributed by atoms with Crippen LogP contribution in [0.2, 0.25) is 0 Å². The molecular weight excluding hydrogens is 319 g/mol. The number of benzene rings is 1. The third kappa shape index (κ3) is 3.70. The number of rotatable bonds is 6. The second-order valence-electron chi connectivity index (χ2n) is 5.21. The lowest BCUT2D eigenvalue weighted by molar-refractivity contribution is -0.142. The number of aromatic nitrogens is 1. The Morgan fingerprint density at radius 2 is 2.12 bits per heavy atom. The first-order chi connectivity index (χ1) is 11.3. The topological polar surface area (TPSA) is 102 Å². The van der Waals surface area contributed by atoms with Gasteiger partial charge in [-0.2, -0.15) is 0 Å². The first-order valence-electron chi connectivity index (χ1n) is 7.10. The van der Waals surface area contributed by atoms with Crippen molar-refractivity contribution in [2.24, 2.45) is 0 Å². The Kier molecular flexibility index (Phi) is 5.18. The van der Waals surface area contributed by atoms with Gasteiger partial charge >= 0.3 is 5.97 Å². The molecular formula is C16H17FN2O5. The van der Waals surface area contributed by atoms with Gasteiger partial charge in [0.1, 0.15) is 5.76 Å². The molecule has 0 saturated heterocycles. The summed E-state index contributed by atoms with van der Waals surface area (Å²) in [4.78, 5) is 23.6. The van der Waals surface area contributed by atoms with Crippen molar-refractivity contribution in [1.29, 1.82) is 0 Å². The minimum atomic E-state index is -1.38. The van der Waals surface area contributed by atoms with Crippen LogP contribution in [0, 0.1) is 19.7 Å². The van der Waals surface area contributed by atoms with Gasteiger partial charge in [-0.1, -0.05) is 11.2 Å². The zero-order valence-electron chi connectivity index (χ0n) is 13.4. The van der Waals surface area contributed by atoms with E-state index in [2.05, 4.69) is 10.5 Å². The number of nitrogens with zero attached hydrogens (tertiary/aromatic N) is 1. The van der Waals surface area contributed by atoms with Crippen LogP contribution in [0.25, 0.3) is 0 Å². The van der Waals surface area contributed by atoms with Crippen molar-refractivity contribution in [3.63, 3.8) is 0 Å². The number of nitrogens with one attached hydrogen (secondary N) is 1. The summed E-state index contributed by atoms with van der Waals surface area (Å²) < 4.78 is 23.5. The van der Waals surface area contributed by atoms with Crippen molar-refractivity contribution in [2.75, 3.05) is 7.11 Å². The molecule has 1 atom stereocenters. The maximum absolute atomic E-state index is 13.8. The molecule has 1 heterocycles. The number of halogens is 1. The van der Waals surface area contributed by atoms with E-state index < -0.39 is 23.7 Å². The van der Waals surface area contributed by atoms with Gasteiger partial charge in [-0.25, -0.2) is 9.18 Å². The summed E-state index contributed by atoms with van der Waals surface area (Å²) in [6.07, 6.45) is -0.0798. The largest absolute Gasteiger partial charge is 0.494 e. The van der Waals surface area contributed by atoms with Gasteiger partial charge in [0.2, 0.25) is 5.91 Å². The summed E-state index contributed by atoms with van der Waals surface area (Å²) in [6, 6.07) is 2.34. The molecule has 7 nitrogen and oxygen atoms in total. The second-order valence-corrected chi connectivity index (χ2v) is 5.21. The standard InChI is InChI=1S/C16H17FN2O5/c1-8-11(9(2)24-19-8)7-14(20)18-15(16(21)22)10-4-5-13(23-3)12(17)6-10/h4-6,15H,7H2,1-3H3,(H,18,20)(H,21,22). The van der Waals surface area contributed by atoms with E-state index in [0.717, 1.165) is 6.07 Å². The Labute approximate surface area is 137 Å². The van der Waals surface area contributed by atoms with Crippen LogP contribution in [0.3, 0.4) is 0 Å². The monoisotopic (exact) mass is 336 g/mol. The van der Waals surface area contributed by atoms with Crippen LogP contribution in [-0.2, 0) is 16.0 Å². The number of carboxylic acids is 1. The summed E-state index contributed by atoms with van der Waals surface area (Å²) in [5.41, 5.74) is 1.26. The molecule has 0 fully saturated rings. The minimum absolute atomic E-state index is 0.00932. The van der Waals surface area contributed by atoms with Gasteiger partial charge in [0.15, 0.2) is 17.6 Å². The predicted molar refractivity (Wildman–Crippen MR) is 81.2 cm³/mol. The third-order valence-corrected chi connectivity index (χ3v) is 3.58. The van der Waals surface area contributed by atoms with Gasteiger partial charge in [-0.3, -0.25) is 4.79 Å². The van der Waals surface area contributed by atoms with Crippen molar-refractivity contribution < 1.29 is 28.3 Å². The normalized spacial score (nSPS) is 11.8. The summed E-state index contributed by atoms with van der Waals surface area (Å²) in [6.45, 7) is 3.35. The third-order valence-electron chi connectivity index (χ3n) is 3.58. The van der Waals surface area contributed by atoms with Gasteiger partial charge in [0.25, 0.3) is 0 Å². The van der Waals surface area contributed by atoms with Crippen LogP contribution in [0.1, 0.15) is 28.6 Å². The highest BCUT2D eigenvalue weighted by Crippen LogP contribution is 2.22. The summed E-state index contributed by atoms with van der Waals surface area (Å²) in [5.74, 6) is -2.06.